The SMILES string of the molecule is CCc1sc2nc(C)n(C(C)(C)C(=O)O)c(=O)c2c1-c1cccs1. The molecule has 0 amide bonds. The van der Waals surface area contributed by atoms with Crippen LogP contribution in [-0.2, 0) is 16.8 Å². The first-order valence-electron chi connectivity index (χ1n) is 7.61. The Morgan fingerprint density at radius 3 is 2.67 bits per heavy atom. The summed E-state index contributed by atoms with van der Waals surface area (Å²) in [5.74, 6) is -0.640. The zero-order chi connectivity index (χ0) is 17.6. The molecule has 0 fully saturated rings. The summed E-state index contributed by atoms with van der Waals surface area (Å²) in [6, 6.07) is 3.93. The minimum atomic E-state index is -1.36. The highest BCUT2D eigenvalue weighted by Crippen LogP contribution is 2.39. The van der Waals surface area contributed by atoms with E-state index in [1.54, 1.807) is 18.3 Å². The van der Waals surface area contributed by atoms with E-state index in [-0.39, 0.29) is 5.56 Å². The van der Waals surface area contributed by atoms with Crippen LogP contribution in [0.3, 0.4) is 0 Å². The Kier molecular flexibility index (Phi) is 4.09. The number of hydrogen-bond donors (Lipinski definition) is 1. The summed E-state index contributed by atoms with van der Waals surface area (Å²) in [4.78, 5) is 32.2. The highest BCUT2D eigenvalue weighted by molar-refractivity contribution is 7.20. The summed E-state index contributed by atoms with van der Waals surface area (Å²) in [7, 11) is 0. The lowest BCUT2D eigenvalue weighted by molar-refractivity contribution is -0.145. The summed E-state index contributed by atoms with van der Waals surface area (Å²) in [6.45, 7) is 6.78. The van der Waals surface area contributed by atoms with E-state index in [0.29, 0.717) is 16.0 Å². The molecule has 0 aromatic carbocycles. The predicted molar refractivity (Wildman–Crippen MR) is 98.3 cm³/mol. The van der Waals surface area contributed by atoms with E-state index in [4.69, 9.17) is 0 Å². The Hall–Kier alpha value is -1.99. The number of fused-ring (bicyclic) bond motifs is 1. The Morgan fingerprint density at radius 2 is 2.12 bits per heavy atom. The molecule has 7 heteroatoms. The van der Waals surface area contributed by atoms with Gasteiger partial charge in [-0.15, -0.1) is 22.7 Å². The molecule has 0 radical (unpaired) electrons. The number of hydrogen-bond acceptors (Lipinski definition) is 5. The summed E-state index contributed by atoms with van der Waals surface area (Å²) in [6.07, 6.45) is 0.801. The minimum absolute atomic E-state index is 0.288. The quantitative estimate of drug-likeness (QED) is 0.764. The normalized spacial score (nSPS) is 12.0. The van der Waals surface area contributed by atoms with Gasteiger partial charge in [0.15, 0.2) is 0 Å². The number of aliphatic carboxylic acids is 1. The summed E-state index contributed by atoms with van der Waals surface area (Å²) < 4.78 is 1.29. The van der Waals surface area contributed by atoms with Crippen molar-refractivity contribution in [3.63, 3.8) is 0 Å². The number of carboxylic acid groups (broad SMARTS) is 1. The van der Waals surface area contributed by atoms with E-state index >= 15 is 0 Å². The number of aromatic nitrogens is 2. The molecule has 0 aliphatic heterocycles. The van der Waals surface area contributed by atoms with Crippen LogP contribution >= 0.6 is 22.7 Å². The third kappa shape index (κ3) is 2.39. The second kappa shape index (κ2) is 5.82. The van der Waals surface area contributed by atoms with Crippen molar-refractivity contribution in [2.75, 3.05) is 0 Å². The zero-order valence-corrected chi connectivity index (χ0v) is 15.5. The molecule has 0 aliphatic carbocycles. The van der Waals surface area contributed by atoms with Gasteiger partial charge in [0.25, 0.3) is 5.56 Å². The van der Waals surface area contributed by atoms with Crippen LogP contribution in [0.15, 0.2) is 22.3 Å². The third-order valence-corrected chi connectivity index (χ3v) is 6.25. The van der Waals surface area contributed by atoms with Crippen molar-refractivity contribution in [2.24, 2.45) is 0 Å². The van der Waals surface area contributed by atoms with Gasteiger partial charge in [-0.3, -0.25) is 9.36 Å². The van der Waals surface area contributed by atoms with Crippen molar-refractivity contribution in [3.05, 3.63) is 38.6 Å². The van der Waals surface area contributed by atoms with Crippen LogP contribution in [0.5, 0.6) is 0 Å². The maximum absolute atomic E-state index is 13.2. The Bertz CT molecular complexity index is 982. The smallest absolute Gasteiger partial charge is 0.329 e. The van der Waals surface area contributed by atoms with Gasteiger partial charge in [0.2, 0.25) is 0 Å². The van der Waals surface area contributed by atoms with E-state index in [9.17, 15) is 14.7 Å². The largest absolute Gasteiger partial charge is 0.480 e. The molecule has 0 unspecified atom stereocenters. The van der Waals surface area contributed by atoms with Gasteiger partial charge in [-0.1, -0.05) is 13.0 Å². The van der Waals surface area contributed by atoms with Gasteiger partial charge in [-0.05, 0) is 38.6 Å². The van der Waals surface area contributed by atoms with E-state index in [2.05, 4.69) is 4.98 Å². The Labute approximate surface area is 147 Å². The average molecular weight is 362 g/mol. The molecule has 3 heterocycles. The van der Waals surface area contributed by atoms with E-state index in [0.717, 1.165) is 21.7 Å². The zero-order valence-electron chi connectivity index (χ0n) is 13.9. The molecule has 0 saturated carbocycles. The fourth-order valence-corrected chi connectivity index (χ4v) is 4.91. The molecule has 3 rings (SSSR count). The number of carboxylic acids is 1. The van der Waals surface area contributed by atoms with E-state index < -0.39 is 11.5 Å². The Balaban J connectivity index is 2.46. The number of thiophene rings is 2. The molecule has 0 bridgehead atoms. The standard InChI is InChI=1S/C17H18N2O3S2/c1-5-10-12(11-7-6-8-23-11)13-14(24-10)18-9(2)19(15(13)20)17(3,4)16(21)22/h6-8H,5H2,1-4H3,(H,21,22). The number of rotatable bonds is 4. The van der Waals surface area contributed by atoms with Gasteiger partial charge < -0.3 is 5.11 Å². The van der Waals surface area contributed by atoms with Crippen LogP contribution in [0.4, 0.5) is 0 Å². The lowest BCUT2D eigenvalue weighted by Crippen LogP contribution is -2.44. The molecule has 0 spiro atoms. The van der Waals surface area contributed by atoms with Crippen LogP contribution in [0.1, 0.15) is 31.5 Å². The molecule has 0 atom stereocenters. The molecular weight excluding hydrogens is 344 g/mol. The lowest BCUT2D eigenvalue weighted by Gasteiger charge is -2.24. The maximum atomic E-state index is 13.2. The van der Waals surface area contributed by atoms with Gasteiger partial charge >= 0.3 is 5.97 Å². The highest BCUT2D eigenvalue weighted by atomic mass is 32.1. The van der Waals surface area contributed by atoms with Crippen molar-refractivity contribution >= 4 is 38.9 Å². The molecule has 0 saturated heterocycles. The topological polar surface area (TPSA) is 72.2 Å². The van der Waals surface area contributed by atoms with Gasteiger partial charge in [0.1, 0.15) is 16.2 Å². The lowest BCUT2D eigenvalue weighted by atomic mass is 10.0. The first-order valence-corrected chi connectivity index (χ1v) is 9.31. The fraction of sp³-hybridized carbons (Fsp3) is 0.353. The number of aryl methyl sites for hydroxylation is 2. The summed E-state index contributed by atoms with van der Waals surface area (Å²) in [5, 5.41) is 12.0. The van der Waals surface area contributed by atoms with Crippen LogP contribution in [0, 0.1) is 6.92 Å². The molecule has 3 aromatic heterocycles. The number of nitrogens with zero attached hydrogens (tertiary/aromatic N) is 2. The molecule has 5 nitrogen and oxygen atoms in total. The van der Waals surface area contributed by atoms with Crippen LogP contribution < -0.4 is 5.56 Å². The number of carbonyl (C=O) groups is 1. The van der Waals surface area contributed by atoms with Crippen molar-refractivity contribution in [1.29, 1.82) is 0 Å². The second-order valence-corrected chi connectivity index (χ2v) is 8.11. The second-order valence-electron chi connectivity index (χ2n) is 6.07. The molecule has 3 aromatic rings. The van der Waals surface area contributed by atoms with Crippen LogP contribution in [0.2, 0.25) is 0 Å². The third-order valence-electron chi connectivity index (χ3n) is 4.14. The average Bonchev–Trinajstić information content (AvgIpc) is 3.12. The van der Waals surface area contributed by atoms with E-state index in [1.165, 1.54) is 29.8 Å². The highest BCUT2D eigenvalue weighted by Gasteiger charge is 2.34. The first-order chi connectivity index (χ1) is 11.3. The summed E-state index contributed by atoms with van der Waals surface area (Å²) in [5.41, 5.74) is -0.743. The minimum Gasteiger partial charge on any atom is -0.480 e. The monoisotopic (exact) mass is 362 g/mol. The van der Waals surface area contributed by atoms with Gasteiger partial charge in [0.05, 0.1) is 5.39 Å². The van der Waals surface area contributed by atoms with Crippen LogP contribution in [0.25, 0.3) is 20.7 Å². The molecular formula is C17H18N2O3S2. The van der Waals surface area contributed by atoms with Crippen molar-refractivity contribution in [3.8, 4) is 10.4 Å². The van der Waals surface area contributed by atoms with Crippen molar-refractivity contribution < 1.29 is 9.90 Å². The van der Waals surface area contributed by atoms with Gasteiger partial charge in [0, 0.05) is 15.3 Å². The molecule has 1 N–H and O–H groups in total. The Morgan fingerprint density at radius 1 is 1.42 bits per heavy atom. The van der Waals surface area contributed by atoms with Crippen molar-refractivity contribution in [2.45, 2.75) is 39.7 Å². The predicted octanol–water partition coefficient (Wildman–Crippen LogP) is 3.88. The summed E-state index contributed by atoms with van der Waals surface area (Å²) >= 11 is 3.08. The van der Waals surface area contributed by atoms with Crippen molar-refractivity contribution in [1.82, 2.24) is 9.55 Å². The van der Waals surface area contributed by atoms with Gasteiger partial charge in [-0.25, -0.2) is 9.78 Å². The van der Waals surface area contributed by atoms with Crippen LogP contribution in [-0.4, -0.2) is 20.6 Å². The molecule has 0 aliphatic rings. The maximum Gasteiger partial charge on any atom is 0.329 e. The first kappa shape index (κ1) is 16.9. The fourth-order valence-electron chi connectivity index (χ4n) is 2.88. The van der Waals surface area contributed by atoms with Gasteiger partial charge in [-0.2, -0.15) is 0 Å². The van der Waals surface area contributed by atoms with E-state index in [1.807, 2.05) is 24.4 Å². The molecule has 126 valence electrons. The molecule has 24 heavy (non-hydrogen) atoms.